The van der Waals surface area contributed by atoms with E-state index in [0.717, 1.165) is 16.4 Å². The Labute approximate surface area is 198 Å². The van der Waals surface area contributed by atoms with E-state index in [1.165, 1.54) is 0 Å². The van der Waals surface area contributed by atoms with Crippen molar-refractivity contribution in [2.45, 2.75) is 57.8 Å². The van der Waals surface area contributed by atoms with E-state index in [1.807, 2.05) is 38.1 Å². The predicted octanol–water partition coefficient (Wildman–Crippen LogP) is 2.90. The van der Waals surface area contributed by atoms with Crippen molar-refractivity contribution >= 4 is 34.4 Å². The maximum absolute atomic E-state index is 13.0. The summed E-state index contributed by atoms with van der Waals surface area (Å²) in [7, 11) is 1.58. The summed E-state index contributed by atoms with van der Waals surface area (Å²) in [6.45, 7) is 5.08. The van der Waals surface area contributed by atoms with Crippen LogP contribution in [-0.4, -0.2) is 66.9 Å². The fraction of sp³-hybridized carbons (Fsp3) is 0.565. The zero-order valence-electron chi connectivity index (χ0n) is 18.5. The fourth-order valence-electron chi connectivity index (χ4n) is 3.59. The Morgan fingerprint density at radius 2 is 2.03 bits per heavy atom. The van der Waals surface area contributed by atoms with Gasteiger partial charge in [0.15, 0.2) is 0 Å². The Morgan fingerprint density at radius 3 is 2.68 bits per heavy atom. The Hall–Kier alpha value is -1.65. The van der Waals surface area contributed by atoms with Gasteiger partial charge in [0, 0.05) is 38.6 Å². The van der Waals surface area contributed by atoms with Crippen LogP contribution in [0, 0.1) is 3.57 Å². The maximum atomic E-state index is 13.0. The highest BCUT2D eigenvalue weighted by atomic mass is 127. The van der Waals surface area contributed by atoms with E-state index in [9.17, 15) is 14.7 Å². The molecule has 0 heterocycles. The average Bonchev–Trinajstić information content (AvgIpc) is 2.76. The number of hydrogen-bond donors (Lipinski definition) is 2. The van der Waals surface area contributed by atoms with Crippen molar-refractivity contribution in [2.75, 3.05) is 26.8 Å². The molecule has 0 saturated carbocycles. The van der Waals surface area contributed by atoms with Crippen LogP contribution in [0.15, 0.2) is 35.9 Å². The molecule has 31 heavy (non-hydrogen) atoms. The van der Waals surface area contributed by atoms with Crippen molar-refractivity contribution in [3.8, 4) is 5.75 Å². The molecule has 0 saturated heterocycles. The molecule has 172 valence electrons. The number of aliphatic hydroxyl groups is 1. The van der Waals surface area contributed by atoms with Gasteiger partial charge >= 0.3 is 0 Å². The number of rotatable bonds is 11. The zero-order valence-corrected chi connectivity index (χ0v) is 20.6. The third-order valence-corrected chi connectivity index (χ3v) is 6.15. The van der Waals surface area contributed by atoms with Gasteiger partial charge in [0.2, 0.25) is 11.8 Å². The van der Waals surface area contributed by atoms with Crippen LogP contribution in [0.5, 0.6) is 5.75 Å². The zero-order chi connectivity index (χ0) is 22.8. The number of methoxy groups -OCH3 is 1. The van der Waals surface area contributed by atoms with Gasteiger partial charge in [-0.05, 0) is 54.1 Å². The second-order valence-electron chi connectivity index (χ2n) is 7.51. The van der Waals surface area contributed by atoms with E-state index >= 15 is 0 Å². The summed E-state index contributed by atoms with van der Waals surface area (Å²) >= 11 is 2.17. The van der Waals surface area contributed by atoms with E-state index in [4.69, 9.17) is 9.47 Å². The molecular weight excluding hydrogens is 511 g/mol. The number of aliphatic hydroxyl groups excluding tert-OH is 1. The lowest BCUT2D eigenvalue weighted by molar-refractivity contribution is -0.139. The third kappa shape index (κ3) is 7.18. The Bertz CT molecular complexity index is 770. The van der Waals surface area contributed by atoms with Gasteiger partial charge in [-0.15, -0.1) is 0 Å². The lowest BCUT2D eigenvalue weighted by atomic mass is 9.88. The maximum Gasteiger partial charge on any atom is 0.247 e. The van der Waals surface area contributed by atoms with Gasteiger partial charge in [0.1, 0.15) is 18.0 Å². The number of hydrogen-bond acceptors (Lipinski definition) is 5. The van der Waals surface area contributed by atoms with E-state index in [2.05, 4.69) is 27.9 Å². The standard InChI is InChI=1S/C23H33IN2O5/c1-4-6-11-21(27)26(12-13-30-3)18-14-16(23(29)25-5-2)15-20(22(18)28)31-19-10-8-7-9-17(19)24/h7-10,15,18,20,22,28H,4-6,11-14H2,1-3H3,(H,25,29)/t18-,20+,22?/m1/s1. The summed E-state index contributed by atoms with van der Waals surface area (Å²) in [4.78, 5) is 27.3. The number of nitrogens with zero attached hydrogens (tertiary/aromatic N) is 1. The van der Waals surface area contributed by atoms with Gasteiger partial charge in [-0.25, -0.2) is 0 Å². The molecule has 0 radical (unpaired) electrons. The van der Waals surface area contributed by atoms with E-state index in [1.54, 1.807) is 18.1 Å². The van der Waals surface area contributed by atoms with E-state index in [0.29, 0.717) is 37.4 Å². The van der Waals surface area contributed by atoms with E-state index in [-0.39, 0.29) is 18.2 Å². The molecule has 1 unspecified atom stereocenters. The minimum absolute atomic E-state index is 0.0480. The number of para-hydroxylation sites is 1. The Kier molecular flexibility index (Phi) is 10.8. The number of benzene rings is 1. The first-order valence-electron chi connectivity index (χ1n) is 10.8. The second-order valence-corrected chi connectivity index (χ2v) is 8.67. The normalized spacial score (nSPS) is 20.7. The van der Waals surface area contributed by atoms with Gasteiger partial charge in [-0.2, -0.15) is 0 Å². The average molecular weight is 544 g/mol. The van der Waals surface area contributed by atoms with Crippen LogP contribution in [0.4, 0.5) is 0 Å². The van der Waals surface area contributed by atoms with Crippen LogP contribution < -0.4 is 10.1 Å². The van der Waals surface area contributed by atoms with Crippen molar-refractivity contribution in [2.24, 2.45) is 0 Å². The first-order valence-corrected chi connectivity index (χ1v) is 11.9. The summed E-state index contributed by atoms with van der Waals surface area (Å²) < 4.78 is 12.2. The van der Waals surface area contributed by atoms with Crippen LogP contribution in [0.1, 0.15) is 39.5 Å². The molecule has 7 nitrogen and oxygen atoms in total. The second kappa shape index (κ2) is 13.0. The van der Waals surface area contributed by atoms with Crippen LogP contribution >= 0.6 is 22.6 Å². The summed E-state index contributed by atoms with van der Waals surface area (Å²) in [5.74, 6) is 0.372. The molecule has 3 atom stereocenters. The van der Waals surface area contributed by atoms with Crippen molar-refractivity contribution < 1.29 is 24.2 Å². The lowest BCUT2D eigenvalue weighted by Crippen LogP contribution is -2.55. The number of carbonyl (C=O) groups excluding carboxylic acids is 2. The molecule has 1 aromatic rings. The molecule has 0 aromatic heterocycles. The molecule has 1 aliphatic carbocycles. The molecule has 1 aliphatic rings. The monoisotopic (exact) mass is 544 g/mol. The highest BCUT2D eigenvalue weighted by Gasteiger charge is 2.40. The molecule has 2 N–H and O–H groups in total. The molecular formula is C23H33IN2O5. The number of carbonyl (C=O) groups is 2. The fourth-order valence-corrected chi connectivity index (χ4v) is 4.11. The lowest BCUT2D eigenvalue weighted by Gasteiger charge is -2.40. The first-order chi connectivity index (χ1) is 14.9. The SMILES string of the molecule is CCCCC(=O)N(CCOC)[C@@H]1CC(C(=O)NCC)=C[C@H](Oc2ccccc2I)C1O. The number of likely N-dealkylation sites (N-methyl/N-ethyl adjacent to an activating group) is 1. The van der Waals surface area contributed by atoms with E-state index < -0.39 is 18.2 Å². The van der Waals surface area contributed by atoms with Crippen molar-refractivity contribution in [3.05, 3.63) is 39.5 Å². The topological polar surface area (TPSA) is 88.1 Å². The molecule has 0 spiro atoms. The van der Waals surface area contributed by atoms with Crippen molar-refractivity contribution in [1.29, 1.82) is 0 Å². The molecule has 8 heteroatoms. The summed E-state index contributed by atoms with van der Waals surface area (Å²) in [5, 5.41) is 14.0. The highest BCUT2D eigenvalue weighted by molar-refractivity contribution is 14.1. The number of unbranched alkanes of at least 4 members (excludes halogenated alkanes) is 1. The largest absolute Gasteiger partial charge is 0.482 e. The molecule has 2 rings (SSSR count). The summed E-state index contributed by atoms with van der Waals surface area (Å²) in [6, 6.07) is 6.93. The van der Waals surface area contributed by atoms with Gasteiger partial charge in [0.05, 0.1) is 16.2 Å². The Balaban J connectivity index is 2.36. The van der Waals surface area contributed by atoms with Crippen LogP contribution in [0.2, 0.25) is 0 Å². The van der Waals surface area contributed by atoms with Gasteiger partial charge in [-0.3, -0.25) is 9.59 Å². The number of amides is 2. The molecule has 2 amide bonds. The molecule has 0 bridgehead atoms. The smallest absolute Gasteiger partial charge is 0.247 e. The first kappa shape index (κ1) is 25.6. The molecule has 0 aliphatic heterocycles. The van der Waals surface area contributed by atoms with Crippen LogP contribution in [-0.2, 0) is 14.3 Å². The predicted molar refractivity (Wildman–Crippen MR) is 128 cm³/mol. The number of nitrogens with one attached hydrogen (secondary N) is 1. The Morgan fingerprint density at radius 1 is 1.29 bits per heavy atom. The quantitative estimate of drug-likeness (QED) is 0.419. The number of ether oxygens (including phenoxy) is 2. The van der Waals surface area contributed by atoms with Gasteiger partial charge in [0.25, 0.3) is 0 Å². The number of halogens is 1. The third-order valence-electron chi connectivity index (χ3n) is 5.26. The van der Waals surface area contributed by atoms with Crippen LogP contribution in [0.3, 0.4) is 0 Å². The summed E-state index contributed by atoms with van der Waals surface area (Å²) in [6.07, 6.45) is 2.28. The minimum atomic E-state index is -0.975. The van der Waals surface area contributed by atoms with Crippen molar-refractivity contribution in [1.82, 2.24) is 10.2 Å². The minimum Gasteiger partial charge on any atom is -0.482 e. The summed E-state index contributed by atoms with van der Waals surface area (Å²) in [5.41, 5.74) is 0.513. The molecule has 0 fully saturated rings. The van der Waals surface area contributed by atoms with Gasteiger partial charge in [-0.1, -0.05) is 25.5 Å². The van der Waals surface area contributed by atoms with Gasteiger partial charge < -0.3 is 24.8 Å². The van der Waals surface area contributed by atoms with Crippen LogP contribution in [0.25, 0.3) is 0 Å². The molecule has 1 aromatic carbocycles. The van der Waals surface area contributed by atoms with Crippen molar-refractivity contribution in [3.63, 3.8) is 0 Å². The highest BCUT2D eigenvalue weighted by Crippen LogP contribution is 2.30.